The second-order valence-electron chi connectivity index (χ2n) is 15.7. The third-order valence-corrected chi connectivity index (χ3v) is 13.8. The van der Waals surface area contributed by atoms with Crippen LogP contribution in [0.15, 0.2) is 0 Å². The van der Waals surface area contributed by atoms with Crippen molar-refractivity contribution in [1.29, 1.82) is 0 Å². The quantitative estimate of drug-likeness (QED) is 0.193. The maximum Gasteiger partial charge on any atom is 0.106 e. The van der Waals surface area contributed by atoms with Crippen LogP contribution in [0, 0.1) is 47.3 Å². The van der Waals surface area contributed by atoms with Crippen LogP contribution in [0.1, 0.15) is 96.3 Å². The summed E-state index contributed by atoms with van der Waals surface area (Å²) >= 11 is 0. The van der Waals surface area contributed by atoms with Gasteiger partial charge in [-0.25, -0.2) is 4.39 Å². The van der Waals surface area contributed by atoms with Crippen molar-refractivity contribution in [1.82, 2.24) is 42.5 Å². The largest absolute Gasteiger partial charge is 0.286 e. The number of hydrogen-bond acceptors (Lipinski definition) is 8. The molecule has 0 radical (unpaired) electrons. The van der Waals surface area contributed by atoms with Crippen LogP contribution in [-0.4, -0.2) is 55.5 Å². The van der Waals surface area contributed by atoms with E-state index in [-0.39, 0.29) is 50.1 Å². The van der Waals surface area contributed by atoms with E-state index in [1.165, 1.54) is 77.0 Å². The third kappa shape index (κ3) is 5.01. The summed E-state index contributed by atoms with van der Waals surface area (Å²) in [5, 5.41) is 32.9. The molecule has 5 saturated heterocycles. The number of nitrogens with one attached hydrogen (secondary N) is 8. The zero-order valence-corrected chi connectivity index (χ0v) is 28.5. The molecule has 8 N–H and O–H groups in total. The second-order valence-corrected chi connectivity index (χ2v) is 15.7. The van der Waals surface area contributed by atoms with Crippen molar-refractivity contribution in [2.75, 3.05) is 0 Å². The van der Waals surface area contributed by atoms with Gasteiger partial charge in [-0.1, -0.05) is 44.9 Å². The first-order valence-corrected chi connectivity index (χ1v) is 17.9. The monoisotopic (exact) mass is 634 g/mol. The Morgan fingerprint density at radius 3 is 0.905 bits per heavy atom. The maximum absolute atomic E-state index is 15.8. The molecule has 232 valence electrons. The van der Waals surface area contributed by atoms with E-state index < -0.39 is 6.17 Å². The van der Waals surface area contributed by atoms with Gasteiger partial charge in [-0.3, -0.25) is 42.5 Å². The summed E-state index contributed by atoms with van der Waals surface area (Å²) in [6.07, 6.45) is 20.2. The van der Waals surface area contributed by atoms with Crippen molar-refractivity contribution < 1.29 is 23.9 Å². The van der Waals surface area contributed by atoms with E-state index in [9.17, 15) is 0 Å². The average molecular weight is 636 g/mol. The third-order valence-electron chi connectivity index (χ3n) is 13.8. The van der Waals surface area contributed by atoms with Crippen LogP contribution in [0.2, 0.25) is 0 Å². The van der Waals surface area contributed by atoms with Crippen LogP contribution >= 0.6 is 0 Å². The predicted octanol–water partition coefficient (Wildman–Crippen LogP) is 2.55. The Labute approximate surface area is 264 Å². The van der Waals surface area contributed by atoms with Gasteiger partial charge in [0.05, 0.1) is 49.3 Å². The molecule has 9 aliphatic rings. The molecule has 5 aliphatic heterocycles. The molecule has 17 unspecified atom stereocenters. The van der Waals surface area contributed by atoms with Gasteiger partial charge in [-0.15, -0.1) is 0 Å². The van der Waals surface area contributed by atoms with E-state index in [2.05, 4.69) is 42.5 Å². The van der Waals surface area contributed by atoms with Gasteiger partial charge < -0.3 is 0 Å². The number of fused-ring (bicyclic) bond motifs is 20. The summed E-state index contributed by atoms with van der Waals surface area (Å²) in [7, 11) is 0. The van der Waals surface area contributed by atoms with Crippen LogP contribution in [0.25, 0.3) is 0 Å². The van der Waals surface area contributed by atoms with Crippen LogP contribution in [0.4, 0.5) is 4.39 Å². The Morgan fingerprint density at radius 2 is 0.571 bits per heavy atom. The summed E-state index contributed by atoms with van der Waals surface area (Å²) in [6, 6.07) is 0. The van der Waals surface area contributed by atoms with E-state index in [4.69, 9.17) is 0 Å². The molecule has 9 fully saturated rings. The van der Waals surface area contributed by atoms with Crippen molar-refractivity contribution >= 4 is 0 Å². The molecule has 0 amide bonds. The predicted molar refractivity (Wildman–Crippen MR) is 157 cm³/mol. The molecule has 9 rings (SSSR count). The summed E-state index contributed by atoms with van der Waals surface area (Å²) in [4.78, 5) is 0. The molecule has 0 aromatic carbocycles. The fraction of sp³-hybridized carbons (Fsp3) is 1.00. The maximum atomic E-state index is 15.8. The molecule has 0 spiro atoms. The molecule has 8 bridgehead atoms. The molecular weight excluding hydrogens is 581 g/mol. The Morgan fingerprint density at radius 1 is 0.310 bits per heavy atom. The molecule has 42 heavy (non-hydrogen) atoms. The zero-order chi connectivity index (χ0) is 27.1. The van der Waals surface area contributed by atoms with Crippen LogP contribution in [0.3, 0.4) is 0 Å². The summed E-state index contributed by atoms with van der Waals surface area (Å²) < 4.78 is 15.8. The molecule has 0 aromatic heterocycles. The number of rotatable bonds is 0. The van der Waals surface area contributed by atoms with E-state index in [0.29, 0.717) is 66.1 Å². The van der Waals surface area contributed by atoms with Crippen LogP contribution in [-0.2, 0) is 19.5 Å². The van der Waals surface area contributed by atoms with Gasteiger partial charge in [0.1, 0.15) is 6.17 Å². The van der Waals surface area contributed by atoms with Crippen molar-refractivity contribution in [2.24, 2.45) is 47.3 Å². The van der Waals surface area contributed by atoms with E-state index in [1.54, 1.807) is 0 Å². The molecule has 4 aliphatic carbocycles. The van der Waals surface area contributed by atoms with Gasteiger partial charge in [0.2, 0.25) is 0 Å². The van der Waals surface area contributed by atoms with Gasteiger partial charge in [-0.05, 0) is 92.8 Å². The van der Waals surface area contributed by atoms with Crippen molar-refractivity contribution in [3.05, 3.63) is 0 Å². The molecule has 17 atom stereocenters. The minimum atomic E-state index is -0.721. The number of hydrogen-bond donors (Lipinski definition) is 8. The summed E-state index contributed by atoms with van der Waals surface area (Å²) in [6.45, 7) is 0. The molecular formula is C32H55FN8Zn. The molecule has 5 heterocycles. The first kappa shape index (κ1) is 29.6. The van der Waals surface area contributed by atoms with Crippen molar-refractivity contribution in [2.45, 2.75) is 152 Å². The van der Waals surface area contributed by atoms with Gasteiger partial charge in [0, 0.05) is 25.4 Å². The smallest absolute Gasteiger partial charge is 0.106 e. The number of alkyl halides is 1. The topological polar surface area (TPSA) is 96.2 Å². The molecule has 10 heteroatoms. The fourth-order valence-electron chi connectivity index (χ4n) is 12.0. The Hall–Kier alpha value is 0.233. The minimum absolute atomic E-state index is 0. The van der Waals surface area contributed by atoms with Gasteiger partial charge >= 0.3 is 0 Å². The average Bonchev–Trinajstić information content (AvgIpc) is 3.73. The van der Waals surface area contributed by atoms with Gasteiger partial charge in [0.15, 0.2) is 0 Å². The Balaban J connectivity index is 0.00000267. The van der Waals surface area contributed by atoms with Crippen LogP contribution in [0.5, 0.6) is 0 Å². The van der Waals surface area contributed by atoms with Crippen LogP contribution < -0.4 is 42.5 Å². The molecule has 8 nitrogen and oxygen atoms in total. The first-order chi connectivity index (χ1) is 20.2. The van der Waals surface area contributed by atoms with E-state index in [0.717, 1.165) is 19.3 Å². The molecule has 0 aromatic rings. The standard InChI is InChI=1S/C32H55FN8.Zn/c33-23-15-7-14-22-24(23)32-40-30-21-13-6-5-12-20(21)28(38-30)36-26-17-9-2-1-8-16(17)25(34-26)35-27-18-10-3-4-11-19(18)29(37-27)39-31(22)41-32;/h16-32,34-41H,1-15H2;. The summed E-state index contributed by atoms with van der Waals surface area (Å²) in [5.41, 5.74) is 0. The minimum Gasteiger partial charge on any atom is -0.286 e. The van der Waals surface area contributed by atoms with Crippen molar-refractivity contribution in [3.8, 4) is 0 Å². The van der Waals surface area contributed by atoms with E-state index in [1.807, 2.05) is 0 Å². The Bertz CT molecular complexity index is 959. The first-order valence-electron chi connectivity index (χ1n) is 17.9. The molecule has 4 saturated carbocycles. The van der Waals surface area contributed by atoms with E-state index >= 15 is 4.39 Å². The Kier molecular flexibility index (Phi) is 8.54. The zero-order valence-electron chi connectivity index (χ0n) is 25.5. The second kappa shape index (κ2) is 12.1. The number of halogens is 1. The fourth-order valence-corrected chi connectivity index (χ4v) is 12.0. The summed E-state index contributed by atoms with van der Waals surface area (Å²) in [5.74, 6) is 4.36. The van der Waals surface area contributed by atoms with Gasteiger partial charge in [-0.2, -0.15) is 0 Å². The van der Waals surface area contributed by atoms with Gasteiger partial charge in [0.25, 0.3) is 0 Å². The SMILES string of the molecule is FC1CCCC2C3NC4NC(NC5NC(NC6NC(NC(N3)C12)C1CCCCC61)C1CCCCC51)C1CCCCC41.[Zn]. The normalized spacial score (nSPS) is 56.9. The van der Waals surface area contributed by atoms with Crippen molar-refractivity contribution in [3.63, 3.8) is 0 Å².